The van der Waals surface area contributed by atoms with Crippen LogP contribution >= 0.6 is 0 Å². The first-order valence-corrected chi connectivity index (χ1v) is 10.2. The van der Waals surface area contributed by atoms with Gasteiger partial charge in [0.15, 0.2) is 0 Å². The van der Waals surface area contributed by atoms with Crippen LogP contribution in [0.3, 0.4) is 0 Å². The molecule has 0 saturated heterocycles. The van der Waals surface area contributed by atoms with Crippen molar-refractivity contribution in [1.29, 1.82) is 0 Å². The van der Waals surface area contributed by atoms with Crippen molar-refractivity contribution in [3.63, 3.8) is 0 Å². The largest absolute Gasteiger partial charge is 0.506 e. The van der Waals surface area contributed by atoms with E-state index in [1.807, 2.05) is 0 Å². The van der Waals surface area contributed by atoms with E-state index in [1.165, 1.54) is 42.5 Å². The summed E-state index contributed by atoms with van der Waals surface area (Å²) in [5.74, 6) is -0.239. The predicted molar refractivity (Wildman–Crippen MR) is 95.9 cm³/mol. The molecule has 0 saturated carbocycles. The third kappa shape index (κ3) is 4.11. The second-order valence-corrected chi connectivity index (χ2v) is 8.31. The first-order valence-electron chi connectivity index (χ1n) is 7.28. The van der Waals surface area contributed by atoms with Crippen LogP contribution in [0.4, 0.5) is 11.4 Å². The van der Waals surface area contributed by atoms with Gasteiger partial charge in [-0.15, -0.1) is 5.11 Å². The Morgan fingerprint density at radius 1 is 0.741 bits per heavy atom. The van der Waals surface area contributed by atoms with Gasteiger partial charge in [0, 0.05) is 5.39 Å². The topological polar surface area (TPSA) is 154 Å². The summed E-state index contributed by atoms with van der Waals surface area (Å²) in [6, 6.07) is 11.5. The molecule has 0 unspecified atom stereocenters. The van der Waals surface area contributed by atoms with E-state index in [0.29, 0.717) is 10.8 Å². The predicted octanol–water partition coefficient (Wildman–Crippen LogP) is 3.45. The quantitative estimate of drug-likeness (QED) is 0.441. The van der Waals surface area contributed by atoms with Crippen molar-refractivity contribution in [2.24, 2.45) is 10.2 Å². The molecule has 3 aromatic rings. The highest BCUT2D eigenvalue weighted by Gasteiger charge is 2.13. The van der Waals surface area contributed by atoms with Gasteiger partial charge in [-0.05, 0) is 41.8 Å². The fourth-order valence-electron chi connectivity index (χ4n) is 2.36. The van der Waals surface area contributed by atoms with Crippen molar-refractivity contribution in [3.05, 3.63) is 54.6 Å². The van der Waals surface area contributed by atoms with Gasteiger partial charge in [0.25, 0.3) is 20.2 Å². The second-order valence-electron chi connectivity index (χ2n) is 5.46. The molecular weight excluding hydrogens is 396 g/mol. The molecule has 0 aromatic heterocycles. The molecule has 27 heavy (non-hydrogen) atoms. The molecule has 0 aliphatic rings. The fourth-order valence-corrected chi connectivity index (χ4v) is 3.40. The molecule has 0 aliphatic heterocycles. The van der Waals surface area contributed by atoms with E-state index in [9.17, 15) is 21.9 Å². The van der Waals surface area contributed by atoms with Crippen molar-refractivity contribution >= 4 is 42.4 Å². The molecule has 0 radical (unpaired) electrons. The van der Waals surface area contributed by atoms with Crippen molar-refractivity contribution < 1.29 is 31.0 Å². The van der Waals surface area contributed by atoms with Crippen molar-refractivity contribution in [1.82, 2.24) is 0 Å². The lowest BCUT2D eigenvalue weighted by atomic mass is 10.1. The van der Waals surface area contributed by atoms with Gasteiger partial charge in [0.05, 0.1) is 15.5 Å². The van der Waals surface area contributed by atoms with Gasteiger partial charge in [0.2, 0.25) is 0 Å². The molecule has 3 rings (SSSR count). The Morgan fingerprint density at radius 3 is 2.07 bits per heavy atom. The molecule has 9 nitrogen and oxygen atoms in total. The lowest BCUT2D eigenvalue weighted by molar-refractivity contribution is 0.477. The number of nitrogens with zero attached hydrogens (tertiary/aromatic N) is 2. The Balaban J connectivity index is 2.09. The summed E-state index contributed by atoms with van der Waals surface area (Å²) in [6.45, 7) is 0. The van der Waals surface area contributed by atoms with E-state index in [4.69, 9.17) is 9.11 Å². The minimum atomic E-state index is -4.40. The van der Waals surface area contributed by atoms with E-state index < -0.39 is 20.2 Å². The average molecular weight is 408 g/mol. The summed E-state index contributed by atoms with van der Waals surface area (Å²) in [5, 5.41) is 18.5. The maximum atomic E-state index is 11.2. The number of aromatic hydroxyl groups is 1. The van der Waals surface area contributed by atoms with Crippen LogP contribution in [0.15, 0.2) is 74.6 Å². The number of phenols is 1. The van der Waals surface area contributed by atoms with Gasteiger partial charge in [-0.1, -0.05) is 18.2 Å². The number of fused-ring (bicyclic) bond motifs is 1. The Kier molecular flexibility index (Phi) is 4.70. The number of azo groups is 1. The number of phenolic OH excluding ortho intramolecular Hbond substituents is 1. The Hall–Kier alpha value is -2.86. The average Bonchev–Trinajstić information content (AvgIpc) is 2.59. The maximum Gasteiger partial charge on any atom is 0.294 e. The summed E-state index contributed by atoms with van der Waals surface area (Å²) in [4.78, 5) is -0.677. The molecule has 0 heterocycles. The van der Waals surface area contributed by atoms with Crippen LogP contribution in [0.1, 0.15) is 0 Å². The number of rotatable bonds is 4. The van der Waals surface area contributed by atoms with E-state index in [-0.39, 0.29) is 26.9 Å². The zero-order valence-corrected chi connectivity index (χ0v) is 15.0. The first-order chi connectivity index (χ1) is 12.6. The van der Waals surface area contributed by atoms with Gasteiger partial charge in [-0.25, -0.2) is 0 Å². The standard InChI is InChI=1S/C16H12N2O7S2/c19-15-7-4-10-8-13(27(23,24)25)5-6-14(10)16(15)18-17-11-2-1-3-12(9-11)26(20,21)22/h1-9,19H,(H,20,21,22)(H,23,24,25). The van der Waals surface area contributed by atoms with E-state index in [0.717, 1.165) is 12.1 Å². The van der Waals surface area contributed by atoms with Crippen LogP contribution in [0.25, 0.3) is 10.8 Å². The highest BCUT2D eigenvalue weighted by atomic mass is 32.2. The van der Waals surface area contributed by atoms with Crippen LogP contribution in [0.2, 0.25) is 0 Å². The third-order valence-corrected chi connectivity index (χ3v) is 5.32. The van der Waals surface area contributed by atoms with E-state index in [2.05, 4.69) is 10.2 Å². The van der Waals surface area contributed by atoms with Crippen molar-refractivity contribution in [3.8, 4) is 5.75 Å². The zero-order chi connectivity index (χ0) is 19.8. The summed E-state index contributed by atoms with van der Waals surface area (Å²) in [7, 11) is -8.79. The van der Waals surface area contributed by atoms with Crippen LogP contribution in [-0.2, 0) is 20.2 Å². The Labute approximate surface area is 154 Å². The van der Waals surface area contributed by atoms with Crippen LogP contribution < -0.4 is 0 Å². The normalized spacial score (nSPS) is 12.7. The first kappa shape index (κ1) is 18.9. The fraction of sp³-hybridized carbons (Fsp3) is 0. The second kappa shape index (κ2) is 6.70. The Bertz CT molecular complexity index is 1280. The van der Waals surface area contributed by atoms with Crippen molar-refractivity contribution in [2.45, 2.75) is 9.79 Å². The summed E-state index contributed by atoms with van der Waals surface area (Å²) >= 11 is 0. The zero-order valence-electron chi connectivity index (χ0n) is 13.4. The lowest BCUT2D eigenvalue weighted by Crippen LogP contribution is -1.97. The number of benzene rings is 3. The SMILES string of the molecule is O=S(=O)(O)c1cccc(N=Nc2c(O)ccc3cc(S(=O)(=O)O)ccc23)c1. The molecule has 0 amide bonds. The number of hydrogen-bond acceptors (Lipinski definition) is 7. The van der Waals surface area contributed by atoms with Gasteiger partial charge in [0.1, 0.15) is 11.4 Å². The molecular formula is C16H12N2O7S2. The minimum absolute atomic E-state index is 0.0200. The summed E-state index contributed by atoms with van der Waals surface area (Å²) in [5.41, 5.74) is 0.128. The smallest absolute Gasteiger partial charge is 0.294 e. The van der Waals surface area contributed by atoms with Gasteiger partial charge in [-0.2, -0.15) is 21.9 Å². The summed E-state index contributed by atoms with van der Waals surface area (Å²) < 4.78 is 63.0. The monoisotopic (exact) mass is 408 g/mol. The van der Waals surface area contributed by atoms with Gasteiger partial charge < -0.3 is 5.11 Å². The molecule has 0 aliphatic carbocycles. The van der Waals surface area contributed by atoms with Gasteiger partial charge in [-0.3, -0.25) is 9.11 Å². The highest BCUT2D eigenvalue weighted by molar-refractivity contribution is 7.86. The molecule has 0 fully saturated rings. The molecule has 0 bridgehead atoms. The number of hydrogen-bond donors (Lipinski definition) is 3. The third-order valence-electron chi connectivity index (χ3n) is 3.62. The van der Waals surface area contributed by atoms with Crippen LogP contribution in [0.5, 0.6) is 5.75 Å². The lowest BCUT2D eigenvalue weighted by Gasteiger charge is -2.06. The summed E-state index contributed by atoms with van der Waals surface area (Å²) in [6.07, 6.45) is 0. The molecule has 11 heteroatoms. The molecule has 3 N–H and O–H groups in total. The van der Waals surface area contributed by atoms with E-state index >= 15 is 0 Å². The maximum absolute atomic E-state index is 11.2. The van der Waals surface area contributed by atoms with Gasteiger partial charge >= 0.3 is 0 Å². The highest BCUT2D eigenvalue weighted by Crippen LogP contribution is 2.37. The molecule has 140 valence electrons. The Morgan fingerprint density at radius 2 is 1.41 bits per heavy atom. The molecule has 0 spiro atoms. The molecule has 3 aromatic carbocycles. The van der Waals surface area contributed by atoms with Crippen molar-refractivity contribution in [2.75, 3.05) is 0 Å². The minimum Gasteiger partial charge on any atom is -0.506 e. The van der Waals surface area contributed by atoms with E-state index in [1.54, 1.807) is 0 Å². The molecule has 0 atom stereocenters. The van der Waals surface area contributed by atoms with Crippen LogP contribution in [0, 0.1) is 0 Å². The van der Waals surface area contributed by atoms with Crippen LogP contribution in [-0.4, -0.2) is 31.0 Å².